The van der Waals surface area contributed by atoms with Gasteiger partial charge in [0.15, 0.2) is 0 Å². The van der Waals surface area contributed by atoms with Crippen LogP contribution in [0.3, 0.4) is 0 Å². The quantitative estimate of drug-likeness (QED) is 0.815. The average Bonchev–Trinajstić information content (AvgIpc) is 2.57. The third-order valence-corrected chi connectivity index (χ3v) is 3.59. The van der Waals surface area contributed by atoms with Gasteiger partial charge in [-0.15, -0.1) is 0 Å². The fourth-order valence-electron chi connectivity index (χ4n) is 2.71. The Morgan fingerprint density at radius 2 is 2.22 bits per heavy atom. The predicted octanol–water partition coefficient (Wildman–Crippen LogP) is 3.51. The molecule has 2 heteroatoms. The molecule has 1 aliphatic heterocycles. The van der Waals surface area contributed by atoms with Crippen LogP contribution < -0.4 is 10.2 Å². The molecule has 0 bridgehead atoms. The summed E-state index contributed by atoms with van der Waals surface area (Å²) in [6.07, 6.45) is 6.86. The van der Waals surface area contributed by atoms with Gasteiger partial charge in [-0.1, -0.05) is 37.3 Å². The van der Waals surface area contributed by atoms with Gasteiger partial charge >= 0.3 is 0 Å². The zero-order valence-electron chi connectivity index (χ0n) is 11.5. The lowest BCUT2D eigenvalue weighted by Gasteiger charge is -2.24. The van der Waals surface area contributed by atoms with Crippen LogP contribution in [0, 0.1) is 0 Å². The van der Waals surface area contributed by atoms with E-state index < -0.39 is 0 Å². The Kier molecular flexibility index (Phi) is 4.82. The molecule has 0 aromatic heterocycles. The van der Waals surface area contributed by atoms with Crippen molar-refractivity contribution in [2.45, 2.75) is 32.7 Å². The van der Waals surface area contributed by atoms with Gasteiger partial charge in [0.1, 0.15) is 0 Å². The van der Waals surface area contributed by atoms with Crippen molar-refractivity contribution in [3.63, 3.8) is 0 Å². The molecule has 98 valence electrons. The van der Waals surface area contributed by atoms with Crippen molar-refractivity contribution in [2.24, 2.45) is 0 Å². The summed E-state index contributed by atoms with van der Waals surface area (Å²) in [7, 11) is 0. The second-order valence-electron chi connectivity index (χ2n) is 4.83. The molecule has 0 saturated carbocycles. The first-order chi connectivity index (χ1) is 8.86. The smallest absolute Gasteiger partial charge is 0.0417 e. The van der Waals surface area contributed by atoms with Gasteiger partial charge in [-0.3, -0.25) is 0 Å². The third kappa shape index (κ3) is 2.94. The minimum Gasteiger partial charge on any atom is -0.368 e. The molecular weight excluding hydrogens is 220 g/mol. The van der Waals surface area contributed by atoms with E-state index in [1.165, 1.54) is 24.1 Å². The van der Waals surface area contributed by atoms with Crippen LogP contribution in [-0.4, -0.2) is 19.6 Å². The fraction of sp³-hybridized carbons (Fsp3) is 0.500. The molecule has 1 aromatic carbocycles. The summed E-state index contributed by atoms with van der Waals surface area (Å²) in [6, 6.07) is 9.35. The van der Waals surface area contributed by atoms with Gasteiger partial charge in [0, 0.05) is 24.8 Å². The van der Waals surface area contributed by atoms with E-state index in [-0.39, 0.29) is 0 Å². The first-order valence-electron chi connectivity index (χ1n) is 7.05. The maximum Gasteiger partial charge on any atom is 0.0417 e. The van der Waals surface area contributed by atoms with Crippen LogP contribution in [0.2, 0.25) is 0 Å². The summed E-state index contributed by atoms with van der Waals surface area (Å²) in [5, 5.41) is 3.61. The summed E-state index contributed by atoms with van der Waals surface area (Å²) in [4.78, 5) is 2.49. The molecular formula is C16H24N2. The number of allylic oxidation sites excluding steroid dienone is 1. The largest absolute Gasteiger partial charge is 0.368 e. The molecule has 0 saturated heterocycles. The molecule has 0 amide bonds. The van der Waals surface area contributed by atoms with Gasteiger partial charge in [0.2, 0.25) is 0 Å². The van der Waals surface area contributed by atoms with Crippen molar-refractivity contribution in [1.29, 1.82) is 0 Å². The Bertz CT molecular complexity index is 398. The molecule has 1 atom stereocenters. The molecule has 2 rings (SSSR count). The van der Waals surface area contributed by atoms with Crippen molar-refractivity contribution < 1.29 is 0 Å². The van der Waals surface area contributed by atoms with Crippen molar-refractivity contribution in [1.82, 2.24) is 5.32 Å². The Morgan fingerprint density at radius 3 is 3.00 bits per heavy atom. The van der Waals surface area contributed by atoms with Gasteiger partial charge in [0.25, 0.3) is 0 Å². The fourth-order valence-corrected chi connectivity index (χ4v) is 2.71. The Labute approximate surface area is 111 Å². The highest BCUT2D eigenvalue weighted by Gasteiger charge is 2.20. The molecule has 1 N–H and O–H groups in total. The average molecular weight is 244 g/mol. The standard InChI is InChI=1S/C16H24N2/c1-3-5-12-18-13-8-10-15(17-4-2)14-9-6-7-11-16(14)18/h3,5-7,9,11,15,17H,4,8,10,12-13H2,1-2H3/b5-3+. The van der Waals surface area contributed by atoms with Crippen molar-refractivity contribution >= 4 is 5.69 Å². The number of hydrogen-bond donors (Lipinski definition) is 1. The normalized spacial score (nSPS) is 19.9. The Hall–Kier alpha value is -1.28. The van der Waals surface area contributed by atoms with E-state index in [1.54, 1.807) is 0 Å². The van der Waals surface area contributed by atoms with Gasteiger partial charge < -0.3 is 10.2 Å². The first kappa shape index (κ1) is 13.2. The monoisotopic (exact) mass is 244 g/mol. The molecule has 0 aliphatic carbocycles. The van der Waals surface area contributed by atoms with Crippen molar-refractivity contribution in [2.75, 3.05) is 24.5 Å². The highest BCUT2D eigenvalue weighted by Crippen LogP contribution is 2.32. The summed E-state index contributed by atoms with van der Waals surface area (Å²) in [6.45, 7) is 7.49. The molecule has 1 aliphatic rings. The molecule has 0 spiro atoms. The zero-order chi connectivity index (χ0) is 12.8. The minimum atomic E-state index is 0.516. The first-order valence-corrected chi connectivity index (χ1v) is 7.05. The van der Waals surface area contributed by atoms with Crippen molar-refractivity contribution in [3.05, 3.63) is 42.0 Å². The van der Waals surface area contributed by atoms with Gasteiger partial charge in [-0.2, -0.15) is 0 Å². The van der Waals surface area contributed by atoms with E-state index in [2.05, 4.69) is 60.5 Å². The van der Waals surface area contributed by atoms with Gasteiger partial charge in [-0.25, -0.2) is 0 Å². The Morgan fingerprint density at radius 1 is 1.39 bits per heavy atom. The van der Waals surface area contributed by atoms with Crippen LogP contribution in [-0.2, 0) is 0 Å². The molecule has 2 nitrogen and oxygen atoms in total. The number of hydrogen-bond acceptors (Lipinski definition) is 2. The maximum atomic E-state index is 3.61. The van der Waals surface area contributed by atoms with Gasteiger partial charge in [0.05, 0.1) is 0 Å². The molecule has 18 heavy (non-hydrogen) atoms. The van der Waals surface area contributed by atoms with Crippen LogP contribution >= 0.6 is 0 Å². The number of nitrogens with zero attached hydrogens (tertiary/aromatic N) is 1. The van der Waals surface area contributed by atoms with Crippen LogP contribution in [0.1, 0.15) is 38.3 Å². The van der Waals surface area contributed by atoms with Crippen LogP contribution in [0.4, 0.5) is 5.69 Å². The summed E-state index contributed by atoms with van der Waals surface area (Å²) in [5.74, 6) is 0. The molecule has 1 unspecified atom stereocenters. The number of para-hydroxylation sites is 1. The highest BCUT2D eigenvalue weighted by atomic mass is 15.1. The lowest BCUT2D eigenvalue weighted by molar-refractivity contribution is 0.511. The van der Waals surface area contributed by atoms with E-state index in [0.29, 0.717) is 6.04 Å². The Balaban J connectivity index is 2.28. The molecule has 1 aromatic rings. The van der Waals surface area contributed by atoms with E-state index in [0.717, 1.165) is 19.6 Å². The zero-order valence-corrected chi connectivity index (χ0v) is 11.5. The molecule has 0 fully saturated rings. The number of fused-ring (bicyclic) bond motifs is 1. The van der Waals surface area contributed by atoms with Crippen LogP contribution in [0.5, 0.6) is 0 Å². The lowest BCUT2D eigenvalue weighted by Crippen LogP contribution is -2.24. The summed E-state index contributed by atoms with van der Waals surface area (Å²) in [5.41, 5.74) is 2.86. The molecule has 0 radical (unpaired) electrons. The SMILES string of the molecule is C/C=C/CN1CCCC(NCC)c2ccccc21. The highest BCUT2D eigenvalue weighted by molar-refractivity contribution is 5.56. The van der Waals surface area contributed by atoms with E-state index >= 15 is 0 Å². The second-order valence-corrected chi connectivity index (χ2v) is 4.83. The van der Waals surface area contributed by atoms with Crippen LogP contribution in [0.25, 0.3) is 0 Å². The molecule has 1 heterocycles. The number of benzene rings is 1. The van der Waals surface area contributed by atoms with Crippen LogP contribution in [0.15, 0.2) is 36.4 Å². The minimum absolute atomic E-state index is 0.516. The second kappa shape index (κ2) is 6.60. The van der Waals surface area contributed by atoms with Gasteiger partial charge in [-0.05, 0) is 37.9 Å². The third-order valence-electron chi connectivity index (χ3n) is 3.59. The summed E-state index contributed by atoms with van der Waals surface area (Å²) >= 11 is 0. The van der Waals surface area contributed by atoms with E-state index in [4.69, 9.17) is 0 Å². The number of anilines is 1. The lowest BCUT2D eigenvalue weighted by atomic mass is 10.0. The predicted molar refractivity (Wildman–Crippen MR) is 79.1 cm³/mol. The number of rotatable bonds is 4. The van der Waals surface area contributed by atoms with Crippen molar-refractivity contribution in [3.8, 4) is 0 Å². The van der Waals surface area contributed by atoms with E-state index in [1.807, 2.05) is 0 Å². The topological polar surface area (TPSA) is 15.3 Å². The maximum absolute atomic E-state index is 3.61. The van der Waals surface area contributed by atoms with E-state index in [9.17, 15) is 0 Å². The summed E-state index contributed by atoms with van der Waals surface area (Å²) < 4.78 is 0. The number of nitrogens with one attached hydrogen (secondary N) is 1.